The van der Waals surface area contributed by atoms with Crippen molar-refractivity contribution >= 4 is 23.4 Å². The van der Waals surface area contributed by atoms with Gasteiger partial charge in [-0.05, 0) is 54.7 Å². The molecule has 6 nitrogen and oxygen atoms in total. The molecular formula is C21H21N3O3. The number of aryl methyl sites for hydroxylation is 1. The van der Waals surface area contributed by atoms with Gasteiger partial charge >= 0.3 is 0 Å². The third-order valence-electron chi connectivity index (χ3n) is 5.11. The van der Waals surface area contributed by atoms with Gasteiger partial charge in [-0.3, -0.25) is 19.8 Å². The number of carbonyl (C=O) groups is 3. The van der Waals surface area contributed by atoms with Gasteiger partial charge < -0.3 is 5.32 Å². The van der Waals surface area contributed by atoms with Crippen LogP contribution < -0.4 is 15.8 Å². The molecule has 1 saturated heterocycles. The van der Waals surface area contributed by atoms with E-state index in [1.807, 2.05) is 12.1 Å². The van der Waals surface area contributed by atoms with Crippen molar-refractivity contribution in [2.24, 2.45) is 0 Å². The molecule has 3 amide bonds. The Balaban J connectivity index is 1.47. The molecule has 1 atom stereocenters. The maximum Gasteiger partial charge on any atom is 0.251 e. The number of nitrogens with zero attached hydrogens (tertiary/aromatic N) is 1. The van der Waals surface area contributed by atoms with Gasteiger partial charge in [0.1, 0.15) is 0 Å². The molecule has 2 aromatic carbocycles. The van der Waals surface area contributed by atoms with E-state index in [0.29, 0.717) is 11.3 Å². The molecule has 27 heavy (non-hydrogen) atoms. The first-order chi connectivity index (χ1) is 13.1. The van der Waals surface area contributed by atoms with Crippen molar-refractivity contribution in [1.82, 2.24) is 10.7 Å². The van der Waals surface area contributed by atoms with Gasteiger partial charge in [0.05, 0.1) is 11.7 Å². The number of benzene rings is 2. The van der Waals surface area contributed by atoms with Crippen molar-refractivity contribution in [1.29, 1.82) is 0 Å². The maximum absolute atomic E-state index is 12.7. The van der Waals surface area contributed by atoms with E-state index in [1.54, 1.807) is 24.3 Å². The number of amides is 3. The van der Waals surface area contributed by atoms with Gasteiger partial charge in [-0.15, -0.1) is 0 Å². The Morgan fingerprint density at radius 1 is 1.00 bits per heavy atom. The molecular weight excluding hydrogens is 342 g/mol. The number of anilines is 1. The minimum Gasteiger partial charge on any atom is -0.345 e. The minimum atomic E-state index is -0.188. The number of hydrogen-bond acceptors (Lipinski definition) is 3. The van der Waals surface area contributed by atoms with Crippen LogP contribution in [0.15, 0.2) is 48.5 Å². The van der Waals surface area contributed by atoms with Gasteiger partial charge in [-0.2, -0.15) is 0 Å². The SMILES string of the molecule is O=C1CCC(=O)N(c2ccc(C(=O)N[C@@H]3CCCc4ccccc43)cc2)N1. The standard InChI is InChI=1S/C21H21N3O3/c25-19-12-13-20(26)24(23-19)16-10-8-15(9-11-16)21(27)22-18-7-3-5-14-4-1-2-6-17(14)18/h1-2,4,6,8-11,18H,3,5,7,12-13H2,(H,22,27)(H,23,25)/t18-/m1/s1. The van der Waals surface area contributed by atoms with Crippen LogP contribution in [0.3, 0.4) is 0 Å². The topological polar surface area (TPSA) is 78.5 Å². The molecule has 0 spiro atoms. The summed E-state index contributed by atoms with van der Waals surface area (Å²) in [5.41, 5.74) is 6.11. The van der Waals surface area contributed by atoms with E-state index in [0.717, 1.165) is 19.3 Å². The Morgan fingerprint density at radius 3 is 2.59 bits per heavy atom. The van der Waals surface area contributed by atoms with E-state index < -0.39 is 0 Å². The van der Waals surface area contributed by atoms with E-state index in [1.165, 1.54) is 16.1 Å². The second-order valence-corrected chi connectivity index (χ2v) is 6.93. The molecule has 0 aromatic heterocycles. The number of carbonyl (C=O) groups excluding carboxylic acids is 3. The summed E-state index contributed by atoms with van der Waals surface area (Å²) >= 11 is 0. The third kappa shape index (κ3) is 3.56. The fourth-order valence-corrected chi connectivity index (χ4v) is 3.69. The summed E-state index contributed by atoms with van der Waals surface area (Å²) in [4.78, 5) is 36.2. The molecule has 1 fully saturated rings. The third-order valence-corrected chi connectivity index (χ3v) is 5.11. The molecule has 0 unspecified atom stereocenters. The normalized spacial score (nSPS) is 19.3. The van der Waals surface area contributed by atoms with Crippen LogP contribution in [0.4, 0.5) is 5.69 Å². The minimum absolute atomic E-state index is 0.0186. The second-order valence-electron chi connectivity index (χ2n) is 6.93. The van der Waals surface area contributed by atoms with Gasteiger partial charge in [0.2, 0.25) is 11.8 Å². The van der Waals surface area contributed by atoms with E-state index in [-0.39, 0.29) is 36.6 Å². The van der Waals surface area contributed by atoms with Gasteiger partial charge in [0, 0.05) is 18.4 Å². The molecule has 6 heteroatoms. The van der Waals surface area contributed by atoms with Crippen molar-refractivity contribution in [2.75, 3.05) is 5.01 Å². The number of nitrogens with one attached hydrogen (secondary N) is 2. The summed E-state index contributed by atoms with van der Waals surface area (Å²) in [7, 11) is 0. The van der Waals surface area contributed by atoms with Crippen LogP contribution in [-0.4, -0.2) is 17.7 Å². The smallest absolute Gasteiger partial charge is 0.251 e. The summed E-state index contributed by atoms with van der Waals surface area (Å²) in [6.07, 6.45) is 3.42. The van der Waals surface area contributed by atoms with Crippen molar-refractivity contribution in [3.63, 3.8) is 0 Å². The lowest BCUT2D eigenvalue weighted by molar-refractivity contribution is -0.130. The molecule has 138 valence electrons. The molecule has 0 radical (unpaired) electrons. The molecule has 1 heterocycles. The Kier molecular flexibility index (Phi) is 4.62. The molecule has 2 N–H and O–H groups in total. The zero-order chi connectivity index (χ0) is 18.8. The first-order valence-electron chi connectivity index (χ1n) is 9.23. The Bertz CT molecular complexity index is 892. The Morgan fingerprint density at radius 2 is 1.78 bits per heavy atom. The summed E-state index contributed by atoms with van der Waals surface area (Å²) in [6, 6.07) is 14.9. The van der Waals surface area contributed by atoms with Gasteiger partial charge in [0.15, 0.2) is 0 Å². The summed E-state index contributed by atoms with van der Waals surface area (Å²) in [6.45, 7) is 0. The number of hydrazine groups is 1. The fourth-order valence-electron chi connectivity index (χ4n) is 3.69. The lowest BCUT2D eigenvalue weighted by atomic mass is 9.87. The highest BCUT2D eigenvalue weighted by molar-refractivity contribution is 6.01. The first-order valence-corrected chi connectivity index (χ1v) is 9.23. The number of fused-ring (bicyclic) bond motifs is 1. The van der Waals surface area contributed by atoms with Crippen LogP contribution in [0, 0.1) is 0 Å². The molecule has 2 aromatic rings. The largest absolute Gasteiger partial charge is 0.345 e. The Hall–Kier alpha value is -3.15. The fraction of sp³-hybridized carbons (Fsp3) is 0.286. The van der Waals surface area contributed by atoms with Crippen LogP contribution >= 0.6 is 0 Å². The average molecular weight is 363 g/mol. The monoisotopic (exact) mass is 363 g/mol. The van der Waals surface area contributed by atoms with Crippen molar-refractivity contribution in [3.05, 3.63) is 65.2 Å². The Labute approximate surface area is 157 Å². The number of hydrogen-bond donors (Lipinski definition) is 2. The summed E-state index contributed by atoms with van der Waals surface area (Å²) in [5.74, 6) is -0.491. The zero-order valence-electron chi connectivity index (χ0n) is 14.9. The highest BCUT2D eigenvalue weighted by atomic mass is 16.2. The van der Waals surface area contributed by atoms with Gasteiger partial charge in [0.25, 0.3) is 5.91 Å². The van der Waals surface area contributed by atoms with Gasteiger partial charge in [-0.1, -0.05) is 24.3 Å². The highest BCUT2D eigenvalue weighted by Crippen LogP contribution is 2.29. The average Bonchev–Trinajstić information content (AvgIpc) is 2.70. The summed E-state index contributed by atoms with van der Waals surface area (Å²) in [5, 5.41) is 4.36. The maximum atomic E-state index is 12.7. The molecule has 1 aliphatic heterocycles. The molecule has 1 aliphatic carbocycles. The second kappa shape index (κ2) is 7.23. The molecule has 4 rings (SSSR count). The van der Waals surface area contributed by atoms with Crippen LogP contribution in [-0.2, 0) is 16.0 Å². The molecule has 0 saturated carbocycles. The molecule has 2 aliphatic rings. The van der Waals surface area contributed by atoms with Crippen molar-refractivity contribution in [3.8, 4) is 0 Å². The van der Waals surface area contributed by atoms with Crippen LogP contribution in [0.25, 0.3) is 0 Å². The van der Waals surface area contributed by atoms with Crippen LogP contribution in [0.5, 0.6) is 0 Å². The van der Waals surface area contributed by atoms with Crippen LogP contribution in [0.1, 0.15) is 53.2 Å². The molecule has 0 bridgehead atoms. The lowest BCUT2D eigenvalue weighted by Crippen LogP contribution is -2.50. The van der Waals surface area contributed by atoms with Crippen LogP contribution in [0.2, 0.25) is 0 Å². The predicted molar refractivity (Wildman–Crippen MR) is 101 cm³/mol. The quantitative estimate of drug-likeness (QED) is 0.880. The van der Waals surface area contributed by atoms with E-state index in [9.17, 15) is 14.4 Å². The predicted octanol–water partition coefficient (Wildman–Crippen LogP) is 2.65. The highest BCUT2D eigenvalue weighted by Gasteiger charge is 2.25. The van der Waals surface area contributed by atoms with Crippen molar-refractivity contribution < 1.29 is 14.4 Å². The first kappa shape index (κ1) is 17.3. The lowest BCUT2D eigenvalue weighted by Gasteiger charge is -2.27. The van der Waals surface area contributed by atoms with Gasteiger partial charge in [-0.25, -0.2) is 5.01 Å². The number of rotatable bonds is 3. The van der Waals surface area contributed by atoms with E-state index in [2.05, 4.69) is 22.9 Å². The zero-order valence-corrected chi connectivity index (χ0v) is 14.9. The van der Waals surface area contributed by atoms with E-state index in [4.69, 9.17) is 0 Å². The van der Waals surface area contributed by atoms with Crippen molar-refractivity contribution in [2.45, 2.75) is 38.1 Å². The van der Waals surface area contributed by atoms with E-state index >= 15 is 0 Å². The summed E-state index contributed by atoms with van der Waals surface area (Å²) < 4.78 is 0.